The lowest BCUT2D eigenvalue weighted by atomic mass is 10.1. The first kappa shape index (κ1) is 58.8. The molecule has 2 aromatic carbocycles. The molecule has 2 rings (SSSR count). The highest BCUT2D eigenvalue weighted by atomic mass is 31.2. The molecule has 0 heterocycles. The second-order valence-corrected chi connectivity index (χ2v) is 19.0. The molecule has 0 bridgehead atoms. The van der Waals surface area contributed by atoms with E-state index in [1.807, 2.05) is 21.1 Å². The van der Waals surface area contributed by atoms with Crippen LogP contribution in [0.25, 0.3) is 0 Å². The van der Waals surface area contributed by atoms with E-state index in [0.717, 1.165) is 115 Å². The molecule has 23 nitrogen and oxygen atoms in total. The van der Waals surface area contributed by atoms with E-state index in [1.54, 1.807) is 0 Å². The number of nitrogens with one attached hydrogen (secondary N) is 2. The van der Waals surface area contributed by atoms with E-state index < -0.39 is 52.2 Å². The van der Waals surface area contributed by atoms with Crippen LogP contribution in [0.3, 0.4) is 0 Å². The predicted molar refractivity (Wildman–Crippen MR) is 254 cm³/mol. The summed E-state index contributed by atoms with van der Waals surface area (Å²) in [5, 5.41) is 50.5. The van der Waals surface area contributed by atoms with Gasteiger partial charge >= 0.3 is 19.8 Å². The van der Waals surface area contributed by atoms with Crippen LogP contribution in [0.15, 0.2) is 36.4 Å². The molecule has 0 aliphatic heterocycles. The number of nitro groups is 4. The van der Waals surface area contributed by atoms with E-state index in [4.69, 9.17) is 18.5 Å². The van der Waals surface area contributed by atoms with Crippen molar-refractivity contribution < 1.29 is 61.7 Å². The summed E-state index contributed by atoms with van der Waals surface area (Å²) in [6.07, 6.45) is 15.1. The lowest BCUT2D eigenvalue weighted by Crippen LogP contribution is -2.37. The molecule has 382 valence electrons. The van der Waals surface area contributed by atoms with Gasteiger partial charge in [0.05, 0.1) is 59.6 Å². The summed E-state index contributed by atoms with van der Waals surface area (Å²) in [5.41, 5.74) is -0.852. The number of carbonyl (C=O) groups is 2. The number of nitrogens with zero attached hydrogens (tertiary/aromatic N) is 5. The molecule has 0 aliphatic carbocycles. The number of benzene rings is 2. The predicted octanol–water partition coefficient (Wildman–Crippen LogP) is 9.94. The third kappa shape index (κ3) is 26.9. The van der Waals surface area contributed by atoms with E-state index in [1.165, 1.54) is 24.3 Å². The molecule has 0 spiro atoms. The normalized spacial score (nSPS) is 12.7. The Morgan fingerprint density at radius 1 is 0.588 bits per heavy atom. The number of carbonyl (C=O) groups excluding carboxylic acids is 2. The van der Waals surface area contributed by atoms with Crippen LogP contribution in [0.4, 0.5) is 34.1 Å². The van der Waals surface area contributed by atoms with Crippen LogP contribution in [0.2, 0.25) is 0 Å². The number of quaternary nitrogens is 1. The second kappa shape index (κ2) is 32.4. The highest BCUT2D eigenvalue weighted by Gasteiger charge is 2.27. The van der Waals surface area contributed by atoms with E-state index in [9.17, 15) is 59.5 Å². The lowest BCUT2D eigenvalue weighted by molar-refractivity contribution is -0.870. The Morgan fingerprint density at radius 3 is 1.38 bits per heavy atom. The Bertz CT molecular complexity index is 1950. The maximum absolute atomic E-state index is 12.8. The monoisotopic (exact) mass is 984 g/mol. The van der Waals surface area contributed by atoms with Gasteiger partial charge in [0.15, 0.2) is 6.10 Å². The Morgan fingerprint density at radius 2 is 0.985 bits per heavy atom. The van der Waals surface area contributed by atoms with Crippen LogP contribution >= 0.6 is 7.82 Å². The van der Waals surface area contributed by atoms with Crippen LogP contribution in [-0.2, 0) is 32.7 Å². The van der Waals surface area contributed by atoms with Crippen LogP contribution < -0.4 is 10.6 Å². The Kier molecular flexibility index (Phi) is 28.0. The third-order valence-corrected chi connectivity index (χ3v) is 11.7. The smallest absolute Gasteiger partial charge is 0.462 e. The molecule has 0 saturated heterocycles. The fourth-order valence-electron chi connectivity index (χ4n) is 6.84. The zero-order valence-electron chi connectivity index (χ0n) is 39.7. The molecule has 3 N–H and O–H groups in total. The minimum atomic E-state index is -4.48. The molecule has 0 aromatic heterocycles. The first-order chi connectivity index (χ1) is 32.3. The van der Waals surface area contributed by atoms with Crippen molar-refractivity contribution in [2.75, 3.05) is 71.2 Å². The maximum atomic E-state index is 12.8. The number of anilines is 2. The van der Waals surface area contributed by atoms with Gasteiger partial charge in [0, 0.05) is 38.1 Å². The topological polar surface area (TPSA) is 305 Å². The van der Waals surface area contributed by atoms with Gasteiger partial charge in [0.25, 0.3) is 22.7 Å². The van der Waals surface area contributed by atoms with Gasteiger partial charge in [-0.05, 0) is 37.8 Å². The quantitative estimate of drug-likeness (QED) is 0.0140. The summed E-state index contributed by atoms with van der Waals surface area (Å²) < 4.78 is 34.1. The molecule has 0 aliphatic rings. The summed E-state index contributed by atoms with van der Waals surface area (Å²) in [4.78, 5) is 77.4. The van der Waals surface area contributed by atoms with Crippen molar-refractivity contribution in [3.63, 3.8) is 0 Å². The number of phosphoric acid groups is 1. The molecule has 0 saturated carbocycles. The largest absolute Gasteiger partial charge is 0.472 e. The summed E-state index contributed by atoms with van der Waals surface area (Å²) in [5.74, 6) is -1.04. The van der Waals surface area contributed by atoms with Crippen LogP contribution in [0.5, 0.6) is 0 Å². The summed E-state index contributed by atoms with van der Waals surface area (Å²) in [6, 6.07) is 7.05. The number of unbranched alkanes of at least 4 members (excludes halogenated alkanes) is 16. The molecular weight excluding hydrogens is 913 g/mol. The van der Waals surface area contributed by atoms with Crippen molar-refractivity contribution in [2.24, 2.45) is 0 Å². The van der Waals surface area contributed by atoms with Crippen LogP contribution in [-0.4, -0.2) is 108 Å². The van der Waals surface area contributed by atoms with Gasteiger partial charge in [-0.15, -0.1) is 0 Å². The van der Waals surface area contributed by atoms with Crippen LogP contribution in [0, 0.1) is 40.5 Å². The highest BCUT2D eigenvalue weighted by Crippen LogP contribution is 2.43. The van der Waals surface area contributed by atoms with E-state index in [2.05, 4.69) is 10.6 Å². The fraction of sp³-hybridized carbons (Fsp3) is 0.682. The number of likely N-dealkylation sites (N-methyl/N-ethyl adjacent to an activating group) is 1. The number of non-ortho nitro benzene ring substituents is 2. The molecule has 68 heavy (non-hydrogen) atoms. The minimum absolute atomic E-state index is 0.0453. The van der Waals surface area contributed by atoms with Crippen LogP contribution in [0.1, 0.15) is 128 Å². The first-order valence-electron chi connectivity index (χ1n) is 23.4. The Balaban J connectivity index is 1.62. The van der Waals surface area contributed by atoms with Gasteiger partial charge in [0.2, 0.25) is 0 Å². The third-order valence-electron chi connectivity index (χ3n) is 10.7. The van der Waals surface area contributed by atoms with Crippen molar-refractivity contribution in [2.45, 2.75) is 135 Å². The number of hydrogen-bond acceptors (Lipinski definition) is 17. The van der Waals surface area contributed by atoms with Gasteiger partial charge < -0.3 is 29.5 Å². The van der Waals surface area contributed by atoms with E-state index >= 15 is 0 Å². The van der Waals surface area contributed by atoms with Gasteiger partial charge in [-0.3, -0.25) is 59.1 Å². The number of rotatable bonds is 40. The molecule has 1 unspecified atom stereocenters. The molecule has 2 aromatic rings. The van der Waals surface area contributed by atoms with E-state index in [-0.39, 0.29) is 60.2 Å². The average molecular weight is 985 g/mol. The molecule has 24 heteroatoms. The highest BCUT2D eigenvalue weighted by molar-refractivity contribution is 7.47. The van der Waals surface area contributed by atoms with Gasteiger partial charge in [0.1, 0.15) is 31.1 Å². The number of nitro benzene ring substituents is 4. The molecule has 0 amide bonds. The summed E-state index contributed by atoms with van der Waals surface area (Å²) in [6.45, 7) is 0.536. The van der Waals surface area contributed by atoms with E-state index in [0.29, 0.717) is 37.0 Å². The number of hydrogen-bond donors (Lipinski definition) is 3. The average Bonchev–Trinajstić information content (AvgIpc) is 3.27. The number of ether oxygens (including phenoxy) is 2. The number of esters is 2. The zero-order valence-corrected chi connectivity index (χ0v) is 40.6. The van der Waals surface area contributed by atoms with Gasteiger partial charge in [-0.25, -0.2) is 4.57 Å². The summed E-state index contributed by atoms with van der Waals surface area (Å²) in [7, 11) is 1.21. The summed E-state index contributed by atoms with van der Waals surface area (Å²) >= 11 is 0. The molecule has 0 fully saturated rings. The standard InChI is InChI=1S/C44H70N7O16P/c1-51(2,3)30-31-65-68(62,63)66-35-38(67-44(53)23-19-15-11-7-5-9-13-17-21-29-46-40-27-25-37(48(56)57)33-42(40)50(60)61)34-64-43(52)22-18-14-10-6-4-8-12-16-20-28-45-39-26-24-36(47(54)55)32-41(39)49(58)59/h24-27,32-33,38,45-46H,4-23,28-31,34-35H2,1-3H3/p+1/t38-/m1/s1. The van der Waals surface area contributed by atoms with Crippen molar-refractivity contribution in [3.8, 4) is 0 Å². The fourth-order valence-corrected chi connectivity index (χ4v) is 7.58. The maximum Gasteiger partial charge on any atom is 0.472 e. The van der Waals surface area contributed by atoms with Crippen molar-refractivity contribution in [1.82, 2.24) is 0 Å². The van der Waals surface area contributed by atoms with Gasteiger partial charge in [-0.2, -0.15) is 0 Å². The lowest BCUT2D eigenvalue weighted by Gasteiger charge is -2.24. The van der Waals surface area contributed by atoms with Crippen molar-refractivity contribution in [3.05, 3.63) is 76.9 Å². The minimum Gasteiger partial charge on any atom is -0.462 e. The Hall–Kier alpha value is -5.35. The molecular formula is C44H71N7O16P+. The second-order valence-electron chi connectivity index (χ2n) is 17.6. The van der Waals surface area contributed by atoms with Gasteiger partial charge in [-0.1, -0.05) is 89.9 Å². The van der Waals surface area contributed by atoms with Crippen molar-refractivity contribution in [1.29, 1.82) is 0 Å². The molecule has 0 radical (unpaired) electrons. The van der Waals surface area contributed by atoms with Crippen molar-refractivity contribution >= 4 is 53.9 Å². The Labute approximate surface area is 397 Å². The SMILES string of the molecule is C[N+](C)(C)CCOP(=O)(O)OC[C@@H](COC(=O)CCCCCCCCCCCNc1ccc([N+](=O)[O-])cc1[N+](=O)[O-])OC(=O)CCCCCCCCCCCNc1ccc([N+](=O)[O-])cc1[N+](=O)[O-]. The number of phosphoric ester groups is 1. The first-order valence-corrected chi connectivity index (χ1v) is 24.9. The molecule has 2 atom stereocenters. The zero-order chi connectivity index (χ0) is 50.4.